The molecule has 0 heterocycles. The maximum atomic E-state index is 13.0. The first-order valence-electron chi connectivity index (χ1n) is 6.14. The SMILES string of the molecule is Nc1ccccc1CNCCc1cc(F)cc(F)c1. The van der Waals surface area contributed by atoms with Gasteiger partial charge in [0.1, 0.15) is 11.6 Å². The van der Waals surface area contributed by atoms with Crippen molar-refractivity contribution in [1.82, 2.24) is 5.32 Å². The number of hydrogen-bond acceptors (Lipinski definition) is 2. The number of halogens is 2. The molecule has 2 aromatic rings. The van der Waals surface area contributed by atoms with Gasteiger partial charge in [-0.25, -0.2) is 8.78 Å². The number of rotatable bonds is 5. The molecule has 0 atom stereocenters. The van der Waals surface area contributed by atoms with E-state index in [2.05, 4.69) is 5.32 Å². The van der Waals surface area contributed by atoms with Gasteiger partial charge in [0.25, 0.3) is 0 Å². The number of nitrogens with one attached hydrogen (secondary N) is 1. The highest BCUT2D eigenvalue weighted by Gasteiger charge is 2.01. The molecule has 0 unspecified atom stereocenters. The second kappa shape index (κ2) is 6.29. The summed E-state index contributed by atoms with van der Waals surface area (Å²) in [5.74, 6) is -1.08. The van der Waals surface area contributed by atoms with Crippen LogP contribution in [0.5, 0.6) is 0 Å². The fraction of sp³-hybridized carbons (Fsp3) is 0.200. The molecule has 3 N–H and O–H groups in total. The molecular formula is C15H16F2N2. The first kappa shape index (κ1) is 13.5. The lowest BCUT2D eigenvalue weighted by molar-refractivity contribution is 0.577. The maximum absolute atomic E-state index is 13.0. The predicted molar refractivity (Wildman–Crippen MR) is 72.6 cm³/mol. The molecule has 2 rings (SSSR count). The van der Waals surface area contributed by atoms with Gasteiger partial charge in [0.2, 0.25) is 0 Å². The lowest BCUT2D eigenvalue weighted by atomic mass is 10.1. The Morgan fingerprint density at radius 1 is 1.00 bits per heavy atom. The lowest BCUT2D eigenvalue weighted by Crippen LogP contribution is -2.17. The van der Waals surface area contributed by atoms with Crippen LogP contribution in [0.3, 0.4) is 0 Å². The number of nitrogen functional groups attached to an aromatic ring is 1. The third-order valence-corrected chi connectivity index (χ3v) is 2.88. The number of anilines is 1. The van der Waals surface area contributed by atoms with Crippen molar-refractivity contribution < 1.29 is 8.78 Å². The summed E-state index contributed by atoms with van der Waals surface area (Å²) in [7, 11) is 0. The smallest absolute Gasteiger partial charge is 0.126 e. The summed E-state index contributed by atoms with van der Waals surface area (Å²) in [4.78, 5) is 0. The molecule has 0 amide bonds. The molecule has 100 valence electrons. The van der Waals surface area contributed by atoms with Gasteiger partial charge in [-0.05, 0) is 42.3 Å². The third kappa shape index (κ3) is 4.03. The molecule has 0 bridgehead atoms. The minimum Gasteiger partial charge on any atom is -0.398 e. The second-order valence-corrected chi connectivity index (χ2v) is 4.40. The largest absolute Gasteiger partial charge is 0.398 e. The van der Waals surface area contributed by atoms with Gasteiger partial charge in [-0.15, -0.1) is 0 Å². The van der Waals surface area contributed by atoms with Gasteiger partial charge < -0.3 is 11.1 Å². The highest BCUT2D eigenvalue weighted by molar-refractivity contribution is 5.46. The van der Waals surface area contributed by atoms with E-state index in [1.54, 1.807) is 0 Å². The Hall–Kier alpha value is -1.94. The van der Waals surface area contributed by atoms with Crippen molar-refractivity contribution in [1.29, 1.82) is 0 Å². The molecule has 2 aromatic carbocycles. The van der Waals surface area contributed by atoms with E-state index in [9.17, 15) is 8.78 Å². The monoisotopic (exact) mass is 262 g/mol. The van der Waals surface area contributed by atoms with Crippen molar-refractivity contribution in [2.75, 3.05) is 12.3 Å². The van der Waals surface area contributed by atoms with Gasteiger partial charge in [-0.1, -0.05) is 18.2 Å². The quantitative estimate of drug-likeness (QED) is 0.642. The molecule has 2 nitrogen and oxygen atoms in total. The Morgan fingerprint density at radius 3 is 2.37 bits per heavy atom. The highest BCUT2D eigenvalue weighted by Crippen LogP contribution is 2.10. The minimum absolute atomic E-state index is 0.540. The zero-order valence-electron chi connectivity index (χ0n) is 10.5. The molecular weight excluding hydrogens is 246 g/mol. The standard InChI is InChI=1S/C15H16F2N2/c16-13-7-11(8-14(17)9-13)5-6-19-10-12-3-1-2-4-15(12)18/h1-4,7-9,19H,5-6,10,18H2. The molecule has 0 aliphatic heterocycles. The molecule has 0 aliphatic carbocycles. The van der Waals surface area contributed by atoms with Crippen LogP contribution in [0, 0.1) is 11.6 Å². The molecule has 0 saturated heterocycles. The topological polar surface area (TPSA) is 38.0 Å². The molecule has 19 heavy (non-hydrogen) atoms. The highest BCUT2D eigenvalue weighted by atomic mass is 19.1. The first-order valence-corrected chi connectivity index (χ1v) is 6.14. The molecule has 0 fully saturated rings. The van der Waals surface area contributed by atoms with E-state index in [1.165, 1.54) is 12.1 Å². The van der Waals surface area contributed by atoms with Crippen molar-refractivity contribution in [3.8, 4) is 0 Å². The van der Waals surface area contributed by atoms with Crippen molar-refractivity contribution in [3.63, 3.8) is 0 Å². The van der Waals surface area contributed by atoms with E-state index in [0.717, 1.165) is 17.3 Å². The van der Waals surface area contributed by atoms with Crippen LogP contribution < -0.4 is 11.1 Å². The zero-order chi connectivity index (χ0) is 13.7. The predicted octanol–water partition coefficient (Wildman–Crippen LogP) is 2.88. The summed E-state index contributed by atoms with van der Waals surface area (Å²) < 4.78 is 26.0. The summed E-state index contributed by atoms with van der Waals surface area (Å²) in [6.45, 7) is 1.28. The molecule has 0 aliphatic rings. The Kier molecular flexibility index (Phi) is 4.47. The molecule has 0 aromatic heterocycles. The van der Waals surface area contributed by atoms with Gasteiger partial charge in [0.05, 0.1) is 0 Å². The van der Waals surface area contributed by atoms with Crippen LogP contribution in [0.4, 0.5) is 14.5 Å². The van der Waals surface area contributed by atoms with Gasteiger partial charge in [-0.3, -0.25) is 0 Å². The van der Waals surface area contributed by atoms with Crippen molar-refractivity contribution in [3.05, 3.63) is 65.2 Å². The number of nitrogens with two attached hydrogens (primary N) is 1. The fourth-order valence-corrected chi connectivity index (χ4v) is 1.91. The van der Waals surface area contributed by atoms with Crippen LogP contribution in [0.25, 0.3) is 0 Å². The van der Waals surface area contributed by atoms with Crippen LogP contribution in [0.2, 0.25) is 0 Å². The van der Waals surface area contributed by atoms with Gasteiger partial charge in [-0.2, -0.15) is 0 Å². The maximum Gasteiger partial charge on any atom is 0.126 e. The molecule has 4 heteroatoms. The fourth-order valence-electron chi connectivity index (χ4n) is 1.91. The summed E-state index contributed by atoms with van der Waals surface area (Å²) in [5, 5.41) is 3.21. The number of benzene rings is 2. The van der Waals surface area contributed by atoms with Crippen molar-refractivity contribution in [2.45, 2.75) is 13.0 Å². The summed E-state index contributed by atoms with van der Waals surface area (Å²) in [6.07, 6.45) is 0.571. The molecule has 0 saturated carbocycles. The Labute approximate surface area is 111 Å². The van der Waals surface area contributed by atoms with E-state index < -0.39 is 11.6 Å². The second-order valence-electron chi connectivity index (χ2n) is 4.40. The van der Waals surface area contributed by atoms with E-state index in [4.69, 9.17) is 5.73 Å². The van der Waals surface area contributed by atoms with Crippen molar-refractivity contribution >= 4 is 5.69 Å². The summed E-state index contributed by atoms with van der Waals surface area (Å²) >= 11 is 0. The summed E-state index contributed by atoms with van der Waals surface area (Å²) in [6, 6.07) is 11.2. The average Bonchev–Trinajstić information content (AvgIpc) is 2.35. The van der Waals surface area contributed by atoms with Crippen LogP contribution >= 0.6 is 0 Å². The molecule has 0 spiro atoms. The summed E-state index contributed by atoms with van der Waals surface area (Å²) in [5.41, 5.74) is 8.22. The van der Waals surface area contributed by atoms with Gasteiger partial charge in [0, 0.05) is 18.3 Å². The lowest BCUT2D eigenvalue weighted by Gasteiger charge is -2.07. The van der Waals surface area contributed by atoms with Crippen LogP contribution in [-0.2, 0) is 13.0 Å². The Bertz CT molecular complexity index is 535. The van der Waals surface area contributed by atoms with E-state index >= 15 is 0 Å². The minimum atomic E-state index is -0.540. The average molecular weight is 262 g/mol. The van der Waals surface area contributed by atoms with E-state index in [0.29, 0.717) is 25.1 Å². The van der Waals surface area contributed by atoms with Crippen LogP contribution in [-0.4, -0.2) is 6.54 Å². The Balaban J connectivity index is 1.82. The number of para-hydroxylation sites is 1. The van der Waals surface area contributed by atoms with E-state index in [1.807, 2.05) is 24.3 Å². The number of hydrogen-bond donors (Lipinski definition) is 2. The molecule has 0 radical (unpaired) electrons. The zero-order valence-corrected chi connectivity index (χ0v) is 10.5. The Morgan fingerprint density at radius 2 is 1.68 bits per heavy atom. The van der Waals surface area contributed by atoms with Crippen LogP contribution in [0.15, 0.2) is 42.5 Å². The van der Waals surface area contributed by atoms with E-state index in [-0.39, 0.29) is 0 Å². The first-order chi connectivity index (χ1) is 9.15. The van der Waals surface area contributed by atoms with Crippen molar-refractivity contribution in [2.24, 2.45) is 0 Å². The van der Waals surface area contributed by atoms with Gasteiger partial charge in [0.15, 0.2) is 0 Å². The third-order valence-electron chi connectivity index (χ3n) is 2.88. The van der Waals surface area contributed by atoms with Crippen LogP contribution in [0.1, 0.15) is 11.1 Å². The normalized spacial score (nSPS) is 10.6. The van der Waals surface area contributed by atoms with Gasteiger partial charge >= 0.3 is 0 Å².